The number of fused-ring (bicyclic) bond motifs is 1. The third-order valence-electron chi connectivity index (χ3n) is 3.04. The maximum Gasteiger partial charge on any atom is 0.137 e. The number of nitrogens with one attached hydrogen (secondary N) is 1. The van der Waals surface area contributed by atoms with Gasteiger partial charge in [0.25, 0.3) is 0 Å². The van der Waals surface area contributed by atoms with E-state index in [1.165, 1.54) is 0 Å². The summed E-state index contributed by atoms with van der Waals surface area (Å²) in [5, 5.41) is 3.34. The minimum absolute atomic E-state index is 0.101. The third-order valence-corrected chi connectivity index (χ3v) is 3.64. The second-order valence-electron chi connectivity index (χ2n) is 3.98. The summed E-state index contributed by atoms with van der Waals surface area (Å²) in [6, 6.07) is 3.56. The van der Waals surface area contributed by atoms with Gasteiger partial charge in [0.1, 0.15) is 5.82 Å². The van der Waals surface area contributed by atoms with Crippen molar-refractivity contribution in [3.8, 4) is 0 Å². The highest BCUT2D eigenvalue weighted by molar-refractivity contribution is 9.10. The summed E-state index contributed by atoms with van der Waals surface area (Å²) in [4.78, 5) is 0. The number of benzene rings is 1. The predicted octanol–water partition coefficient (Wildman–Crippen LogP) is 2.81. The van der Waals surface area contributed by atoms with Crippen LogP contribution in [-0.4, -0.2) is 19.8 Å². The third kappa shape index (κ3) is 2.01. The standard InChI is InChI=1S/C12H15BrFNO/c1-3-15-12-8-6-10(14)9(13)4-7(8)5-11(12)16-2/h4,6,11-12,15H,3,5H2,1-2H3. The Hall–Kier alpha value is -0.450. The van der Waals surface area contributed by atoms with E-state index in [-0.39, 0.29) is 18.0 Å². The van der Waals surface area contributed by atoms with Gasteiger partial charge in [-0.3, -0.25) is 0 Å². The monoisotopic (exact) mass is 287 g/mol. The fourth-order valence-corrected chi connectivity index (χ4v) is 2.68. The van der Waals surface area contributed by atoms with Gasteiger partial charge in [-0.15, -0.1) is 0 Å². The summed E-state index contributed by atoms with van der Waals surface area (Å²) in [7, 11) is 1.70. The summed E-state index contributed by atoms with van der Waals surface area (Å²) in [6.07, 6.45) is 0.936. The Labute approximate surface area is 103 Å². The van der Waals surface area contributed by atoms with E-state index in [1.54, 1.807) is 13.2 Å². The van der Waals surface area contributed by atoms with Crippen molar-refractivity contribution in [1.29, 1.82) is 0 Å². The lowest BCUT2D eigenvalue weighted by Gasteiger charge is -2.19. The van der Waals surface area contributed by atoms with Crippen LogP contribution in [-0.2, 0) is 11.2 Å². The fourth-order valence-electron chi connectivity index (χ4n) is 2.29. The molecular formula is C12H15BrFNO. The molecule has 4 heteroatoms. The first-order chi connectivity index (χ1) is 7.67. The van der Waals surface area contributed by atoms with Gasteiger partial charge in [-0.25, -0.2) is 4.39 Å². The number of ether oxygens (including phenoxy) is 1. The zero-order valence-corrected chi connectivity index (χ0v) is 11.0. The molecular weight excluding hydrogens is 273 g/mol. The zero-order valence-electron chi connectivity index (χ0n) is 9.39. The molecule has 0 fully saturated rings. The minimum atomic E-state index is -0.210. The van der Waals surface area contributed by atoms with Crippen molar-refractivity contribution >= 4 is 15.9 Å². The molecule has 2 nitrogen and oxygen atoms in total. The van der Waals surface area contributed by atoms with Crippen LogP contribution in [0.4, 0.5) is 4.39 Å². The SMILES string of the molecule is CCNC1c2cc(F)c(Br)cc2CC1OC. The average Bonchev–Trinajstić information content (AvgIpc) is 2.58. The van der Waals surface area contributed by atoms with Crippen molar-refractivity contribution in [1.82, 2.24) is 5.32 Å². The Balaban J connectivity index is 2.38. The van der Waals surface area contributed by atoms with E-state index in [2.05, 4.69) is 21.2 Å². The summed E-state index contributed by atoms with van der Waals surface area (Å²) in [6.45, 7) is 2.89. The zero-order chi connectivity index (χ0) is 11.7. The highest BCUT2D eigenvalue weighted by Gasteiger charge is 2.32. The molecule has 0 radical (unpaired) electrons. The smallest absolute Gasteiger partial charge is 0.137 e. The molecule has 16 heavy (non-hydrogen) atoms. The van der Waals surface area contributed by atoms with Crippen LogP contribution >= 0.6 is 15.9 Å². The topological polar surface area (TPSA) is 21.3 Å². The van der Waals surface area contributed by atoms with E-state index in [0.717, 1.165) is 24.1 Å². The molecule has 1 N–H and O–H groups in total. The van der Waals surface area contributed by atoms with Crippen LogP contribution in [0.3, 0.4) is 0 Å². The van der Waals surface area contributed by atoms with Gasteiger partial charge in [0.15, 0.2) is 0 Å². The van der Waals surface area contributed by atoms with Gasteiger partial charge in [0.05, 0.1) is 16.6 Å². The Morgan fingerprint density at radius 3 is 2.94 bits per heavy atom. The van der Waals surface area contributed by atoms with E-state index in [1.807, 2.05) is 13.0 Å². The first kappa shape index (κ1) is 12.0. The molecule has 2 rings (SSSR count). The number of rotatable bonds is 3. The molecule has 2 unspecified atom stereocenters. The van der Waals surface area contributed by atoms with Crippen LogP contribution in [0.25, 0.3) is 0 Å². The molecule has 0 amide bonds. The summed E-state index contributed by atoms with van der Waals surface area (Å²) in [5.41, 5.74) is 2.18. The molecule has 88 valence electrons. The second kappa shape index (κ2) is 4.82. The van der Waals surface area contributed by atoms with Crippen molar-refractivity contribution in [2.45, 2.75) is 25.5 Å². The van der Waals surface area contributed by atoms with Crippen molar-refractivity contribution in [2.75, 3.05) is 13.7 Å². The largest absolute Gasteiger partial charge is 0.379 e. The van der Waals surface area contributed by atoms with E-state index in [0.29, 0.717) is 4.47 Å². The van der Waals surface area contributed by atoms with Crippen LogP contribution in [0.1, 0.15) is 24.1 Å². The molecule has 2 atom stereocenters. The van der Waals surface area contributed by atoms with Crippen LogP contribution in [0, 0.1) is 5.82 Å². The van der Waals surface area contributed by atoms with Crippen molar-refractivity contribution < 1.29 is 9.13 Å². The molecule has 0 saturated carbocycles. The Morgan fingerprint density at radius 2 is 2.31 bits per heavy atom. The molecule has 1 aliphatic carbocycles. The van der Waals surface area contributed by atoms with E-state index in [9.17, 15) is 4.39 Å². The van der Waals surface area contributed by atoms with Gasteiger partial charge in [-0.2, -0.15) is 0 Å². The molecule has 0 saturated heterocycles. The van der Waals surface area contributed by atoms with Crippen molar-refractivity contribution in [2.24, 2.45) is 0 Å². The molecule has 0 spiro atoms. The van der Waals surface area contributed by atoms with Crippen molar-refractivity contribution in [3.05, 3.63) is 33.5 Å². The number of halogens is 2. The summed E-state index contributed by atoms with van der Waals surface area (Å²) < 4.78 is 19.5. The second-order valence-corrected chi connectivity index (χ2v) is 4.83. The quantitative estimate of drug-likeness (QED) is 0.923. The van der Waals surface area contributed by atoms with Gasteiger partial charge < -0.3 is 10.1 Å². The van der Waals surface area contributed by atoms with Crippen LogP contribution in [0.15, 0.2) is 16.6 Å². The van der Waals surface area contributed by atoms with Gasteiger partial charge in [0.2, 0.25) is 0 Å². The number of hydrogen-bond acceptors (Lipinski definition) is 2. The average molecular weight is 288 g/mol. The lowest BCUT2D eigenvalue weighted by molar-refractivity contribution is 0.0795. The minimum Gasteiger partial charge on any atom is -0.379 e. The Morgan fingerprint density at radius 1 is 1.56 bits per heavy atom. The normalized spacial score (nSPS) is 23.5. The summed E-state index contributed by atoms with van der Waals surface area (Å²) >= 11 is 3.21. The molecule has 1 aromatic rings. The maximum absolute atomic E-state index is 13.5. The molecule has 1 aromatic carbocycles. The van der Waals surface area contributed by atoms with E-state index in [4.69, 9.17) is 4.74 Å². The van der Waals surface area contributed by atoms with Gasteiger partial charge in [-0.1, -0.05) is 6.92 Å². The predicted molar refractivity (Wildman–Crippen MR) is 65.0 cm³/mol. The van der Waals surface area contributed by atoms with Crippen LogP contribution < -0.4 is 5.32 Å². The highest BCUT2D eigenvalue weighted by atomic mass is 79.9. The highest BCUT2D eigenvalue weighted by Crippen LogP contribution is 2.35. The van der Waals surface area contributed by atoms with Gasteiger partial charge in [-0.05, 0) is 45.7 Å². The first-order valence-electron chi connectivity index (χ1n) is 5.41. The fraction of sp³-hybridized carbons (Fsp3) is 0.500. The number of likely N-dealkylation sites (N-methyl/N-ethyl adjacent to an activating group) is 1. The number of hydrogen-bond donors (Lipinski definition) is 1. The lowest BCUT2D eigenvalue weighted by atomic mass is 10.1. The Bertz CT molecular complexity index is 397. The van der Waals surface area contributed by atoms with E-state index >= 15 is 0 Å². The molecule has 0 heterocycles. The van der Waals surface area contributed by atoms with Crippen LogP contribution in [0.2, 0.25) is 0 Å². The molecule has 0 aliphatic heterocycles. The lowest BCUT2D eigenvalue weighted by Crippen LogP contribution is -2.29. The van der Waals surface area contributed by atoms with Gasteiger partial charge in [0, 0.05) is 13.5 Å². The molecule has 0 aromatic heterocycles. The van der Waals surface area contributed by atoms with Crippen LogP contribution in [0.5, 0.6) is 0 Å². The molecule has 0 bridgehead atoms. The van der Waals surface area contributed by atoms with E-state index < -0.39 is 0 Å². The van der Waals surface area contributed by atoms with Crippen molar-refractivity contribution in [3.63, 3.8) is 0 Å². The number of methoxy groups -OCH3 is 1. The molecule has 1 aliphatic rings. The maximum atomic E-state index is 13.5. The summed E-state index contributed by atoms with van der Waals surface area (Å²) in [5.74, 6) is -0.210. The first-order valence-corrected chi connectivity index (χ1v) is 6.20. The van der Waals surface area contributed by atoms with Gasteiger partial charge >= 0.3 is 0 Å². The Kier molecular flexibility index (Phi) is 3.62.